The van der Waals surface area contributed by atoms with Gasteiger partial charge in [-0.3, -0.25) is 4.90 Å². The summed E-state index contributed by atoms with van der Waals surface area (Å²) in [6.07, 6.45) is 6.62. The summed E-state index contributed by atoms with van der Waals surface area (Å²) in [6.45, 7) is 5.34. The molecule has 0 aromatic carbocycles. The summed E-state index contributed by atoms with van der Waals surface area (Å²) in [4.78, 5) is 2.41. The molecule has 0 bridgehead atoms. The lowest BCUT2D eigenvalue weighted by molar-refractivity contribution is 0.121. The van der Waals surface area contributed by atoms with Crippen molar-refractivity contribution in [2.75, 3.05) is 6.54 Å². The van der Waals surface area contributed by atoms with Crippen LogP contribution >= 0.6 is 0 Å². The van der Waals surface area contributed by atoms with Crippen LogP contribution in [0.25, 0.3) is 0 Å². The number of nitrogens with zero attached hydrogens (tertiary/aromatic N) is 2. The molecule has 2 N–H and O–H groups in total. The molecule has 0 aliphatic heterocycles. The lowest BCUT2D eigenvalue weighted by atomic mass is 9.89. The normalized spacial score (nSPS) is 27.7. The van der Waals surface area contributed by atoms with Crippen molar-refractivity contribution in [1.29, 1.82) is 5.26 Å². The van der Waals surface area contributed by atoms with Crippen LogP contribution in [0.4, 0.5) is 0 Å². The summed E-state index contributed by atoms with van der Waals surface area (Å²) >= 11 is 0. The summed E-state index contributed by atoms with van der Waals surface area (Å²) in [5.74, 6) is 0. The summed E-state index contributed by atoms with van der Waals surface area (Å²) in [5.41, 5.74) is 5.93. The highest BCUT2D eigenvalue weighted by atomic mass is 15.2. The third-order valence-electron chi connectivity index (χ3n) is 3.63. The minimum absolute atomic E-state index is 0.0966. The van der Waals surface area contributed by atoms with E-state index in [9.17, 15) is 5.26 Å². The van der Waals surface area contributed by atoms with Gasteiger partial charge in [-0.2, -0.15) is 5.26 Å². The van der Waals surface area contributed by atoms with Crippen molar-refractivity contribution in [3.63, 3.8) is 0 Å². The van der Waals surface area contributed by atoms with E-state index in [1.165, 1.54) is 12.8 Å². The first-order chi connectivity index (χ1) is 7.72. The summed E-state index contributed by atoms with van der Waals surface area (Å²) in [6, 6.07) is 3.51. The van der Waals surface area contributed by atoms with Crippen LogP contribution in [0.3, 0.4) is 0 Å². The van der Waals surface area contributed by atoms with Crippen LogP contribution in [0.5, 0.6) is 0 Å². The van der Waals surface area contributed by atoms with Crippen LogP contribution < -0.4 is 5.73 Å². The zero-order chi connectivity index (χ0) is 12.0. The molecule has 0 amide bonds. The van der Waals surface area contributed by atoms with Crippen molar-refractivity contribution in [2.45, 2.75) is 70.5 Å². The Hall–Kier alpha value is -0.590. The molecule has 3 nitrogen and oxygen atoms in total. The first-order valence-corrected chi connectivity index (χ1v) is 6.63. The molecule has 0 aromatic heterocycles. The second-order valence-corrected chi connectivity index (χ2v) is 4.86. The van der Waals surface area contributed by atoms with E-state index in [-0.39, 0.29) is 6.04 Å². The number of rotatable bonds is 5. The summed E-state index contributed by atoms with van der Waals surface area (Å²) in [7, 11) is 0. The van der Waals surface area contributed by atoms with Gasteiger partial charge in [-0.05, 0) is 45.1 Å². The van der Waals surface area contributed by atoms with E-state index in [0.717, 1.165) is 32.2 Å². The van der Waals surface area contributed by atoms with E-state index in [1.807, 2.05) is 0 Å². The molecule has 0 radical (unpaired) electrons. The maximum Gasteiger partial charge on any atom is 0.0977 e. The number of hydrogen-bond donors (Lipinski definition) is 1. The Morgan fingerprint density at radius 1 is 1.31 bits per heavy atom. The summed E-state index contributed by atoms with van der Waals surface area (Å²) < 4.78 is 0. The smallest absolute Gasteiger partial charge is 0.0977 e. The van der Waals surface area contributed by atoms with Crippen LogP contribution in [0.2, 0.25) is 0 Å². The van der Waals surface area contributed by atoms with Crippen molar-refractivity contribution in [1.82, 2.24) is 4.90 Å². The molecule has 0 spiro atoms. The van der Waals surface area contributed by atoms with Crippen molar-refractivity contribution in [3.05, 3.63) is 0 Å². The molecule has 0 heterocycles. The molecule has 1 rings (SSSR count). The Morgan fingerprint density at radius 2 is 1.94 bits per heavy atom. The van der Waals surface area contributed by atoms with Gasteiger partial charge in [0.2, 0.25) is 0 Å². The molecule has 16 heavy (non-hydrogen) atoms. The van der Waals surface area contributed by atoms with Gasteiger partial charge in [0.25, 0.3) is 0 Å². The predicted molar refractivity (Wildman–Crippen MR) is 66.9 cm³/mol. The van der Waals surface area contributed by atoms with E-state index in [1.54, 1.807) is 0 Å². The molecule has 3 heteroatoms. The molecule has 1 saturated carbocycles. The van der Waals surface area contributed by atoms with Gasteiger partial charge in [-0.25, -0.2) is 0 Å². The highest BCUT2D eigenvalue weighted by molar-refractivity contribution is 4.95. The number of nitrogens with two attached hydrogens (primary N) is 1. The van der Waals surface area contributed by atoms with Gasteiger partial charge < -0.3 is 5.73 Å². The zero-order valence-electron chi connectivity index (χ0n) is 10.7. The molecule has 1 aliphatic carbocycles. The van der Waals surface area contributed by atoms with E-state index in [4.69, 9.17) is 5.73 Å². The largest absolute Gasteiger partial charge is 0.328 e. The van der Waals surface area contributed by atoms with Crippen LogP contribution in [-0.4, -0.2) is 29.6 Å². The van der Waals surface area contributed by atoms with Crippen molar-refractivity contribution in [3.8, 4) is 6.07 Å². The summed E-state index contributed by atoms with van der Waals surface area (Å²) in [5, 5.41) is 9.19. The maximum atomic E-state index is 9.19. The third kappa shape index (κ3) is 3.47. The molecule has 0 aromatic rings. The van der Waals surface area contributed by atoms with Crippen LogP contribution in [0.1, 0.15) is 52.4 Å². The fourth-order valence-corrected chi connectivity index (χ4v) is 2.68. The fraction of sp³-hybridized carbons (Fsp3) is 0.923. The Kier molecular flexibility index (Phi) is 5.79. The Bertz CT molecular complexity index is 226. The van der Waals surface area contributed by atoms with Crippen molar-refractivity contribution >= 4 is 0 Å². The highest BCUT2D eigenvalue weighted by Gasteiger charge is 2.27. The topological polar surface area (TPSA) is 53.0 Å². The Balaban J connectivity index is 2.59. The molecular weight excluding hydrogens is 198 g/mol. The van der Waals surface area contributed by atoms with Crippen molar-refractivity contribution < 1.29 is 0 Å². The molecule has 1 fully saturated rings. The Morgan fingerprint density at radius 3 is 2.38 bits per heavy atom. The van der Waals surface area contributed by atoms with Crippen LogP contribution in [0, 0.1) is 11.3 Å². The van der Waals surface area contributed by atoms with E-state index in [0.29, 0.717) is 12.1 Å². The van der Waals surface area contributed by atoms with E-state index >= 15 is 0 Å². The minimum Gasteiger partial charge on any atom is -0.328 e. The second-order valence-electron chi connectivity index (χ2n) is 4.86. The van der Waals surface area contributed by atoms with Gasteiger partial charge in [-0.1, -0.05) is 13.8 Å². The van der Waals surface area contributed by atoms with Gasteiger partial charge in [-0.15, -0.1) is 0 Å². The minimum atomic E-state index is 0.0966. The fourth-order valence-electron chi connectivity index (χ4n) is 2.68. The second kappa shape index (κ2) is 6.88. The van der Waals surface area contributed by atoms with E-state index in [2.05, 4.69) is 24.8 Å². The average molecular weight is 223 g/mol. The quantitative estimate of drug-likeness (QED) is 0.778. The molecule has 1 aliphatic rings. The van der Waals surface area contributed by atoms with Gasteiger partial charge in [0.05, 0.1) is 12.1 Å². The van der Waals surface area contributed by atoms with Crippen LogP contribution in [0.15, 0.2) is 0 Å². The van der Waals surface area contributed by atoms with E-state index < -0.39 is 0 Å². The van der Waals surface area contributed by atoms with Gasteiger partial charge in [0.1, 0.15) is 0 Å². The maximum absolute atomic E-state index is 9.19. The molecule has 92 valence electrons. The van der Waals surface area contributed by atoms with Gasteiger partial charge in [0.15, 0.2) is 0 Å². The highest BCUT2D eigenvalue weighted by Crippen LogP contribution is 2.24. The van der Waals surface area contributed by atoms with Crippen LogP contribution in [-0.2, 0) is 0 Å². The Labute approximate surface area is 99.6 Å². The number of nitriles is 1. The number of hydrogen-bond acceptors (Lipinski definition) is 3. The lowest BCUT2D eigenvalue weighted by Crippen LogP contribution is -2.46. The average Bonchev–Trinajstić information content (AvgIpc) is 2.31. The van der Waals surface area contributed by atoms with Gasteiger partial charge >= 0.3 is 0 Å². The monoisotopic (exact) mass is 223 g/mol. The first kappa shape index (κ1) is 13.5. The lowest BCUT2D eigenvalue weighted by Gasteiger charge is -2.38. The predicted octanol–water partition coefficient (Wildman–Crippen LogP) is 2.27. The molecule has 0 saturated heterocycles. The standard InChI is InChI=1S/C13H25N3/c1-3-9-16(12(4-2)10-14)13-7-5-11(15)6-8-13/h11-13H,3-9,15H2,1-2H3. The first-order valence-electron chi connectivity index (χ1n) is 6.63. The molecule has 1 atom stereocenters. The third-order valence-corrected chi connectivity index (χ3v) is 3.63. The van der Waals surface area contributed by atoms with Gasteiger partial charge in [0, 0.05) is 12.1 Å². The molecule has 1 unspecified atom stereocenters. The SMILES string of the molecule is CCCN(C(C#N)CC)C1CCC(N)CC1. The van der Waals surface area contributed by atoms with Crippen molar-refractivity contribution in [2.24, 2.45) is 5.73 Å². The zero-order valence-corrected chi connectivity index (χ0v) is 10.7. The molecular formula is C13H25N3.